The molecule has 0 bridgehead atoms. The van der Waals surface area contributed by atoms with Crippen LogP contribution in [0.3, 0.4) is 0 Å². The second kappa shape index (κ2) is 24.5. The third-order valence-electron chi connectivity index (χ3n) is 7.86. The van der Waals surface area contributed by atoms with Crippen LogP contribution in [0.15, 0.2) is 24.3 Å². The quantitative estimate of drug-likeness (QED) is 0.0600. The average Bonchev–Trinajstić information content (AvgIpc) is 2.97. The molecule has 1 aromatic rings. The van der Waals surface area contributed by atoms with E-state index in [4.69, 9.17) is 14.0 Å². The van der Waals surface area contributed by atoms with Gasteiger partial charge in [-0.3, -0.25) is 4.55 Å². The highest BCUT2D eigenvalue weighted by Crippen LogP contribution is 2.16. The van der Waals surface area contributed by atoms with Gasteiger partial charge in [0.05, 0.1) is 29.6 Å². The van der Waals surface area contributed by atoms with Gasteiger partial charge in [0.2, 0.25) is 0 Å². The molecule has 8 heteroatoms. The summed E-state index contributed by atoms with van der Waals surface area (Å²) >= 11 is 0. The average molecular weight is 611 g/mol. The number of rotatable bonds is 27. The van der Waals surface area contributed by atoms with Gasteiger partial charge in [0, 0.05) is 6.42 Å². The molecular formula is C34H58O7S. The van der Waals surface area contributed by atoms with Gasteiger partial charge in [0.25, 0.3) is 10.1 Å². The predicted octanol–water partition coefficient (Wildman–Crippen LogP) is 9.49. The van der Waals surface area contributed by atoms with E-state index >= 15 is 0 Å². The van der Waals surface area contributed by atoms with Crippen LogP contribution >= 0.6 is 0 Å². The second-order valence-electron chi connectivity index (χ2n) is 11.6. The molecule has 0 aliphatic heterocycles. The lowest BCUT2D eigenvalue weighted by Crippen LogP contribution is -2.20. The van der Waals surface area contributed by atoms with Gasteiger partial charge in [0.1, 0.15) is 0 Å². The molecule has 242 valence electrons. The molecule has 0 heterocycles. The van der Waals surface area contributed by atoms with Crippen molar-refractivity contribution >= 4 is 22.1 Å². The van der Waals surface area contributed by atoms with E-state index in [0.717, 1.165) is 19.3 Å². The number of hydrogen-bond donors (Lipinski definition) is 1. The van der Waals surface area contributed by atoms with E-state index in [9.17, 15) is 18.0 Å². The highest BCUT2D eigenvalue weighted by molar-refractivity contribution is 7.86. The predicted molar refractivity (Wildman–Crippen MR) is 171 cm³/mol. The van der Waals surface area contributed by atoms with Gasteiger partial charge in [-0.25, -0.2) is 9.59 Å². The van der Waals surface area contributed by atoms with E-state index in [1.54, 1.807) is 12.1 Å². The van der Waals surface area contributed by atoms with Crippen LogP contribution in [0, 0.1) is 0 Å². The molecule has 0 fully saturated rings. The van der Waals surface area contributed by atoms with Crippen LogP contribution < -0.4 is 0 Å². The van der Waals surface area contributed by atoms with Crippen LogP contribution in [0.4, 0.5) is 0 Å². The lowest BCUT2D eigenvalue weighted by atomic mass is 10.0. The van der Waals surface area contributed by atoms with Crippen LogP contribution in [-0.2, 0) is 19.6 Å². The normalized spacial score (nSPS) is 12.3. The zero-order valence-electron chi connectivity index (χ0n) is 26.5. The van der Waals surface area contributed by atoms with Crippen LogP contribution in [0.1, 0.15) is 169 Å². The van der Waals surface area contributed by atoms with Gasteiger partial charge in [-0.05, 0) is 25.5 Å². The fourth-order valence-corrected chi connectivity index (χ4v) is 5.38. The summed E-state index contributed by atoms with van der Waals surface area (Å²) in [5, 5.41) is -1.05. The molecule has 0 saturated carbocycles. The molecule has 1 N–H and O–H groups in total. The Bertz CT molecular complexity index is 945. The first-order valence-electron chi connectivity index (χ1n) is 16.7. The number of carbonyl (C=O) groups excluding carboxylic acids is 2. The van der Waals surface area contributed by atoms with Gasteiger partial charge >= 0.3 is 11.9 Å². The third kappa shape index (κ3) is 19.3. The van der Waals surface area contributed by atoms with Crippen LogP contribution in [0.5, 0.6) is 0 Å². The van der Waals surface area contributed by atoms with E-state index in [0.29, 0.717) is 6.61 Å². The summed E-state index contributed by atoms with van der Waals surface area (Å²) in [5.41, 5.74) is 0.198. The van der Waals surface area contributed by atoms with E-state index in [1.807, 2.05) is 0 Å². The van der Waals surface area contributed by atoms with Crippen LogP contribution in [0.2, 0.25) is 0 Å². The fourth-order valence-electron chi connectivity index (χ4n) is 4.98. The minimum Gasteiger partial charge on any atom is -0.462 e. The smallest absolute Gasteiger partial charge is 0.339 e. The Balaban J connectivity index is 2.02. The zero-order chi connectivity index (χ0) is 30.9. The summed E-state index contributed by atoms with van der Waals surface area (Å²) in [6.45, 7) is 3.71. The summed E-state index contributed by atoms with van der Waals surface area (Å²) < 4.78 is 41.7. The molecule has 1 unspecified atom stereocenters. The molecular weight excluding hydrogens is 552 g/mol. The molecule has 7 nitrogen and oxygen atoms in total. The number of hydrogen-bond acceptors (Lipinski definition) is 6. The Kier molecular flexibility index (Phi) is 22.2. The van der Waals surface area contributed by atoms with Crippen molar-refractivity contribution in [2.75, 3.05) is 13.2 Å². The fraction of sp³-hybridized carbons (Fsp3) is 0.765. The minimum absolute atomic E-state index is 0.0450. The van der Waals surface area contributed by atoms with E-state index in [1.165, 1.54) is 128 Å². The SMILES string of the molecule is CCCCCCCCCCCCCCCCCCCCCCOC(=O)c1ccccc1C(=O)OCCC(C)S(=O)(=O)O. The number of unbranched alkanes of at least 4 members (excludes halogenated alkanes) is 19. The maximum atomic E-state index is 12.5. The first-order chi connectivity index (χ1) is 20.3. The Morgan fingerprint density at radius 1 is 0.619 bits per heavy atom. The lowest BCUT2D eigenvalue weighted by molar-refractivity contribution is 0.0451. The highest BCUT2D eigenvalue weighted by atomic mass is 32.2. The monoisotopic (exact) mass is 610 g/mol. The molecule has 0 aliphatic rings. The van der Waals surface area contributed by atoms with Crippen molar-refractivity contribution in [3.8, 4) is 0 Å². The standard InChI is InChI=1S/C34H58O7S/c1-3-4-5-6-7-8-9-10-11-12-13-14-15-16-17-18-19-20-21-24-28-40-33(35)31-25-22-23-26-32(31)34(36)41-29-27-30(2)42(37,38)39/h22-23,25-26,30H,3-21,24,27-29H2,1-2H3,(H,37,38,39). The highest BCUT2D eigenvalue weighted by Gasteiger charge is 2.21. The number of carbonyl (C=O) groups is 2. The van der Waals surface area contributed by atoms with Crippen molar-refractivity contribution in [1.82, 2.24) is 0 Å². The molecule has 1 aromatic carbocycles. The first-order valence-corrected chi connectivity index (χ1v) is 18.2. The molecule has 0 saturated heterocycles. The Hall–Kier alpha value is -1.93. The first kappa shape index (κ1) is 38.1. The maximum absolute atomic E-state index is 12.5. The summed E-state index contributed by atoms with van der Waals surface area (Å²) in [4.78, 5) is 25.0. The van der Waals surface area contributed by atoms with Gasteiger partial charge < -0.3 is 9.47 Å². The third-order valence-corrected chi connectivity index (χ3v) is 9.12. The van der Waals surface area contributed by atoms with Gasteiger partial charge in [-0.15, -0.1) is 0 Å². The van der Waals surface area contributed by atoms with E-state index in [-0.39, 0.29) is 24.2 Å². The topological polar surface area (TPSA) is 107 Å². The molecule has 0 radical (unpaired) electrons. The molecule has 1 atom stereocenters. The Morgan fingerprint density at radius 2 is 0.952 bits per heavy atom. The Labute approximate surface area is 256 Å². The zero-order valence-corrected chi connectivity index (χ0v) is 27.3. The van der Waals surface area contributed by atoms with Crippen molar-refractivity contribution in [1.29, 1.82) is 0 Å². The minimum atomic E-state index is -4.19. The van der Waals surface area contributed by atoms with Gasteiger partial charge in [0.15, 0.2) is 0 Å². The summed E-state index contributed by atoms with van der Waals surface area (Å²) in [6, 6.07) is 6.25. The molecule has 0 spiro atoms. The summed E-state index contributed by atoms with van der Waals surface area (Å²) in [5.74, 6) is -1.31. The van der Waals surface area contributed by atoms with Crippen molar-refractivity contribution in [3.05, 3.63) is 35.4 Å². The second-order valence-corrected chi connectivity index (χ2v) is 13.5. The largest absolute Gasteiger partial charge is 0.462 e. The van der Waals surface area contributed by atoms with Crippen molar-refractivity contribution in [2.24, 2.45) is 0 Å². The summed E-state index contributed by atoms with van der Waals surface area (Å²) in [7, 11) is -4.19. The molecule has 1 rings (SSSR count). The number of esters is 2. The van der Waals surface area contributed by atoms with Crippen LogP contribution in [0.25, 0.3) is 0 Å². The molecule has 42 heavy (non-hydrogen) atoms. The van der Waals surface area contributed by atoms with E-state index in [2.05, 4.69) is 6.92 Å². The molecule has 0 aromatic heterocycles. The van der Waals surface area contributed by atoms with Crippen molar-refractivity contribution in [2.45, 2.75) is 154 Å². The Morgan fingerprint density at radius 3 is 1.31 bits per heavy atom. The lowest BCUT2D eigenvalue weighted by Gasteiger charge is -2.11. The van der Waals surface area contributed by atoms with Gasteiger partial charge in [-0.1, -0.05) is 141 Å². The number of benzene rings is 1. The molecule has 0 amide bonds. The maximum Gasteiger partial charge on any atom is 0.339 e. The van der Waals surface area contributed by atoms with E-state index < -0.39 is 27.3 Å². The summed E-state index contributed by atoms with van der Waals surface area (Å²) in [6.07, 6.45) is 26.1. The number of ether oxygens (including phenoxy) is 2. The molecule has 0 aliphatic carbocycles. The van der Waals surface area contributed by atoms with Crippen molar-refractivity contribution in [3.63, 3.8) is 0 Å². The van der Waals surface area contributed by atoms with Crippen LogP contribution in [-0.4, -0.2) is 43.4 Å². The van der Waals surface area contributed by atoms with Gasteiger partial charge in [-0.2, -0.15) is 8.42 Å². The van der Waals surface area contributed by atoms with Crippen molar-refractivity contribution < 1.29 is 32.0 Å².